The molecule has 2 amide bonds. The third-order valence-electron chi connectivity index (χ3n) is 1.69. The van der Waals surface area contributed by atoms with Crippen molar-refractivity contribution in [2.45, 2.75) is 19.1 Å². The molecule has 8 heteroatoms. The molecule has 0 aliphatic rings. The molecule has 0 aromatic rings. The van der Waals surface area contributed by atoms with Gasteiger partial charge >= 0.3 is 6.18 Å². The molecule has 0 rings (SSSR count). The Hall–Kier alpha value is -1.31. The van der Waals surface area contributed by atoms with E-state index in [-0.39, 0.29) is 12.5 Å². The Morgan fingerprint density at radius 2 is 1.88 bits per heavy atom. The summed E-state index contributed by atoms with van der Waals surface area (Å²) in [5.74, 6) is -1.16. The first-order valence-electron chi connectivity index (χ1n) is 4.54. The second-order valence-corrected chi connectivity index (χ2v) is 3.11. The lowest BCUT2D eigenvalue weighted by molar-refractivity contribution is -0.138. The van der Waals surface area contributed by atoms with E-state index in [2.05, 4.69) is 10.6 Å². The van der Waals surface area contributed by atoms with Gasteiger partial charge in [0, 0.05) is 7.05 Å². The van der Waals surface area contributed by atoms with Crippen LogP contribution in [0.25, 0.3) is 0 Å². The minimum Gasteiger partial charge on any atom is -0.358 e. The quantitative estimate of drug-likeness (QED) is 0.601. The van der Waals surface area contributed by atoms with Gasteiger partial charge in [0.05, 0.1) is 12.6 Å². The van der Waals surface area contributed by atoms with Crippen molar-refractivity contribution in [3.63, 3.8) is 0 Å². The minimum absolute atomic E-state index is 0.343. The van der Waals surface area contributed by atoms with Crippen LogP contribution in [-0.4, -0.2) is 44.2 Å². The zero-order valence-corrected chi connectivity index (χ0v) is 8.94. The molecule has 3 N–H and O–H groups in total. The summed E-state index contributed by atoms with van der Waals surface area (Å²) in [5, 5.41) is 6.49. The van der Waals surface area contributed by atoms with Crippen LogP contribution in [0.4, 0.5) is 13.2 Å². The van der Waals surface area contributed by atoms with E-state index in [1.54, 1.807) is 5.32 Å². The highest BCUT2D eigenvalue weighted by molar-refractivity contribution is 5.83. The Bertz CT molecular complexity index is 255. The monoisotopic (exact) mass is 241 g/mol. The number of carbonyl (C=O) groups excluding carboxylic acids is 2. The fourth-order valence-electron chi connectivity index (χ4n) is 0.816. The van der Waals surface area contributed by atoms with Gasteiger partial charge in [-0.2, -0.15) is 13.2 Å². The molecule has 0 bridgehead atoms. The molecule has 1 unspecified atom stereocenters. The van der Waals surface area contributed by atoms with Crippen molar-refractivity contribution in [1.82, 2.24) is 16.0 Å². The van der Waals surface area contributed by atoms with Crippen LogP contribution in [0.3, 0.4) is 0 Å². The molecule has 94 valence electrons. The van der Waals surface area contributed by atoms with E-state index in [1.165, 1.54) is 14.0 Å². The number of carbonyl (C=O) groups is 2. The maximum atomic E-state index is 11.7. The molecule has 5 nitrogen and oxygen atoms in total. The van der Waals surface area contributed by atoms with E-state index < -0.39 is 24.7 Å². The normalized spacial score (nSPS) is 13.1. The molecule has 0 heterocycles. The molecular weight excluding hydrogens is 227 g/mol. The second-order valence-electron chi connectivity index (χ2n) is 3.11. The van der Waals surface area contributed by atoms with Gasteiger partial charge < -0.3 is 10.6 Å². The topological polar surface area (TPSA) is 70.2 Å². The molecule has 0 aromatic heterocycles. The van der Waals surface area contributed by atoms with Crippen molar-refractivity contribution in [1.29, 1.82) is 0 Å². The molecule has 0 aliphatic heterocycles. The highest BCUT2D eigenvalue weighted by atomic mass is 19.4. The first-order valence-corrected chi connectivity index (χ1v) is 4.54. The fourth-order valence-corrected chi connectivity index (χ4v) is 0.816. The Labute approximate surface area is 90.8 Å². The lowest BCUT2D eigenvalue weighted by Crippen LogP contribution is -2.46. The van der Waals surface area contributed by atoms with Gasteiger partial charge in [-0.15, -0.1) is 0 Å². The number of rotatable bonds is 5. The first-order chi connectivity index (χ1) is 7.26. The summed E-state index contributed by atoms with van der Waals surface area (Å²) in [6.07, 6.45) is -4.43. The maximum absolute atomic E-state index is 11.7. The maximum Gasteiger partial charge on any atom is 0.405 e. The third kappa shape index (κ3) is 7.04. The molecule has 0 aromatic carbocycles. The van der Waals surface area contributed by atoms with Crippen molar-refractivity contribution in [2.24, 2.45) is 0 Å². The molecule has 0 saturated heterocycles. The number of alkyl halides is 3. The zero-order chi connectivity index (χ0) is 12.8. The smallest absolute Gasteiger partial charge is 0.358 e. The molecule has 16 heavy (non-hydrogen) atoms. The van der Waals surface area contributed by atoms with Crippen molar-refractivity contribution < 1.29 is 22.8 Å². The van der Waals surface area contributed by atoms with Crippen LogP contribution in [0, 0.1) is 0 Å². The largest absolute Gasteiger partial charge is 0.405 e. The van der Waals surface area contributed by atoms with E-state index in [0.717, 1.165) is 0 Å². The van der Waals surface area contributed by atoms with Crippen LogP contribution in [-0.2, 0) is 9.59 Å². The van der Waals surface area contributed by atoms with Crippen LogP contribution in [0.15, 0.2) is 0 Å². The van der Waals surface area contributed by atoms with E-state index in [4.69, 9.17) is 0 Å². The van der Waals surface area contributed by atoms with Crippen LogP contribution < -0.4 is 16.0 Å². The number of amides is 2. The molecule has 0 spiro atoms. The summed E-state index contributed by atoms with van der Waals surface area (Å²) >= 11 is 0. The molecule has 0 radical (unpaired) electrons. The number of hydrogen-bond donors (Lipinski definition) is 3. The molecule has 0 saturated carbocycles. The average Bonchev–Trinajstić information content (AvgIpc) is 2.20. The Morgan fingerprint density at radius 3 is 2.31 bits per heavy atom. The molecule has 0 fully saturated rings. The van der Waals surface area contributed by atoms with Crippen molar-refractivity contribution in [3.8, 4) is 0 Å². The number of halogens is 3. The lowest BCUT2D eigenvalue weighted by Gasteiger charge is -2.12. The first kappa shape index (κ1) is 14.7. The Balaban J connectivity index is 3.78. The van der Waals surface area contributed by atoms with Crippen molar-refractivity contribution in [2.75, 3.05) is 20.1 Å². The van der Waals surface area contributed by atoms with Crippen molar-refractivity contribution >= 4 is 11.8 Å². The van der Waals surface area contributed by atoms with Gasteiger partial charge in [0.15, 0.2) is 0 Å². The number of hydrogen-bond acceptors (Lipinski definition) is 3. The van der Waals surface area contributed by atoms with Crippen LogP contribution >= 0.6 is 0 Å². The van der Waals surface area contributed by atoms with Crippen LogP contribution in [0.5, 0.6) is 0 Å². The predicted molar refractivity (Wildman–Crippen MR) is 50.6 cm³/mol. The van der Waals surface area contributed by atoms with Gasteiger partial charge in [0.25, 0.3) is 0 Å². The van der Waals surface area contributed by atoms with Crippen LogP contribution in [0.1, 0.15) is 6.92 Å². The zero-order valence-electron chi connectivity index (χ0n) is 8.94. The van der Waals surface area contributed by atoms with E-state index in [0.29, 0.717) is 0 Å². The summed E-state index contributed by atoms with van der Waals surface area (Å²) in [6, 6.07) is -0.637. The molecular formula is C8H14F3N3O2. The third-order valence-corrected chi connectivity index (χ3v) is 1.69. The van der Waals surface area contributed by atoms with Gasteiger partial charge in [-0.3, -0.25) is 14.9 Å². The summed E-state index contributed by atoms with van der Waals surface area (Å²) in [7, 11) is 1.42. The van der Waals surface area contributed by atoms with E-state index in [1.807, 2.05) is 0 Å². The van der Waals surface area contributed by atoms with Gasteiger partial charge in [-0.05, 0) is 6.92 Å². The van der Waals surface area contributed by atoms with E-state index in [9.17, 15) is 22.8 Å². The van der Waals surface area contributed by atoms with Crippen LogP contribution in [0.2, 0.25) is 0 Å². The number of nitrogens with one attached hydrogen (secondary N) is 3. The summed E-state index contributed by atoms with van der Waals surface area (Å²) in [5.41, 5.74) is 0. The Kier molecular flexibility index (Phi) is 5.79. The van der Waals surface area contributed by atoms with Gasteiger partial charge in [-0.1, -0.05) is 0 Å². The SMILES string of the molecule is CNC(=O)C(C)NCC(=O)NCC(F)(F)F. The summed E-state index contributed by atoms with van der Waals surface area (Å²) in [6.45, 7) is -0.220. The lowest BCUT2D eigenvalue weighted by atomic mass is 10.3. The van der Waals surface area contributed by atoms with Gasteiger partial charge in [0.2, 0.25) is 11.8 Å². The standard InChI is InChI=1S/C8H14F3N3O2/c1-5(7(16)12-2)13-3-6(15)14-4-8(9,10)11/h5,13H,3-4H2,1-2H3,(H,12,16)(H,14,15). The van der Waals surface area contributed by atoms with Crippen molar-refractivity contribution in [3.05, 3.63) is 0 Å². The minimum atomic E-state index is -4.43. The highest BCUT2D eigenvalue weighted by Crippen LogP contribution is 2.11. The summed E-state index contributed by atoms with van der Waals surface area (Å²) in [4.78, 5) is 21.9. The molecule has 0 aliphatic carbocycles. The predicted octanol–water partition coefficient (Wildman–Crippen LogP) is -0.611. The van der Waals surface area contributed by atoms with Gasteiger partial charge in [-0.25, -0.2) is 0 Å². The second kappa shape index (κ2) is 6.31. The number of likely N-dealkylation sites (N-methyl/N-ethyl adjacent to an activating group) is 1. The highest BCUT2D eigenvalue weighted by Gasteiger charge is 2.27. The summed E-state index contributed by atoms with van der Waals surface area (Å²) < 4.78 is 35.1. The fraction of sp³-hybridized carbons (Fsp3) is 0.750. The Morgan fingerprint density at radius 1 is 1.31 bits per heavy atom. The molecule has 1 atom stereocenters. The van der Waals surface area contributed by atoms with E-state index >= 15 is 0 Å². The average molecular weight is 241 g/mol. The van der Waals surface area contributed by atoms with Gasteiger partial charge in [0.1, 0.15) is 6.54 Å².